The summed E-state index contributed by atoms with van der Waals surface area (Å²) < 4.78 is 0. The molecule has 148 valence electrons. The molecule has 0 unspecified atom stereocenters. The zero-order valence-corrected chi connectivity index (χ0v) is 16.8. The highest BCUT2D eigenvalue weighted by Gasteiger charge is 1.92. The van der Waals surface area contributed by atoms with Crippen LogP contribution in [0.3, 0.4) is 0 Å². The number of nitrogens with zero attached hydrogens (tertiary/aromatic N) is 6. The number of hydrogen-bond acceptors (Lipinski definition) is 4. The van der Waals surface area contributed by atoms with Gasteiger partial charge in [-0.3, -0.25) is 10.0 Å². The molecule has 0 amide bonds. The molecule has 7 nitrogen and oxygen atoms in total. The van der Waals surface area contributed by atoms with Gasteiger partial charge in [-0.2, -0.15) is 0 Å². The van der Waals surface area contributed by atoms with Crippen molar-refractivity contribution in [1.29, 1.82) is 0 Å². The van der Waals surface area contributed by atoms with Gasteiger partial charge in [0.05, 0.1) is 11.4 Å². The van der Waals surface area contributed by atoms with Gasteiger partial charge in [0.2, 0.25) is 0 Å². The van der Waals surface area contributed by atoms with E-state index in [-0.39, 0.29) is 5.48 Å². The van der Waals surface area contributed by atoms with Crippen molar-refractivity contribution in [3.05, 3.63) is 60.7 Å². The predicted octanol–water partition coefficient (Wildman–Crippen LogP) is 5.23. The predicted molar refractivity (Wildman–Crippen MR) is 111 cm³/mol. The average Bonchev–Trinajstić information content (AvgIpc) is 2.71. The summed E-state index contributed by atoms with van der Waals surface area (Å²) in [6, 6.07) is 19.5. The monoisotopic (exact) mass is 372 g/mol. The Morgan fingerprint density at radius 3 is 1.11 bits per heavy atom. The zero-order chi connectivity index (χ0) is 19.0. The summed E-state index contributed by atoms with van der Waals surface area (Å²) in [4.78, 5) is 0. The SMILES string of the molecule is CCN(CC)N=Nc1ccccc1.CCN(CC)N=Nc1ccccc1.O. The summed E-state index contributed by atoms with van der Waals surface area (Å²) in [7, 11) is 0. The summed E-state index contributed by atoms with van der Waals surface area (Å²) in [5, 5.41) is 20.2. The summed E-state index contributed by atoms with van der Waals surface area (Å²) in [6.07, 6.45) is 0. The highest BCUT2D eigenvalue weighted by atomic mass is 16.0. The van der Waals surface area contributed by atoms with Crippen molar-refractivity contribution in [3.8, 4) is 0 Å². The molecule has 0 saturated carbocycles. The van der Waals surface area contributed by atoms with Crippen LogP contribution in [0.2, 0.25) is 0 Å². The summed E-state index contributed by atoms with van der Waals surface area (Å²) in [5.41, 5.74) is 1.80. The molecule has 0 radical (unpaired) electrons. The van der Waals surface area contributed by atoms with Crippen LogP contribution in [0.5, 0.6) is 0 Å². The van der Waals surface area contributed by atoms with Crippen molar-refractivity contribution in [2.45, 2.75) is 27.7 Å². The average molecular weight is 373 g/mol. The van der Waals surface area contributed by atoms with E-state index in [2.05, 4.69) is 48.4 Å². The highest BCUT2D eigenvalue weighted by molar-refractivity contribution is 5.35. The van der Waals surface area contributed by atoms with E-state index in [4.69, 9.17) is 0 Å². The van der Waals surface area contributed by atoms with E-state index < -0.39 is 0 Å². The molecule has 0 bridgehead atoms. The van der Waals surface area contributed by atoms with E-state index in [1.165, 1.54) is 0 Å². The second-order valence-electron chi connectivity index (χ2n) is 5.33. The molecule has 0 aliphatic carbocycles. The van der Waals surface area contributed by atoms with Crippen LogP contribution in [-0.4, -0.2) is 41.7 Å². The van der Waals surface area contributed by atoms with Gasteiger partial charge in [0.1, 0.15) is 0 Å². The van der Waals surface area contributed by atoms with Crippen molar-refractivity contribution in [2.24, 2.45) is 20.7 Å². The van der Waals surface area contributed by atoms with Gasteiger partial charge in [-0.1, -0.05) is 46.8 Å². The number of rotatable bonds is 8. The fourth-order valence-corrected chi connectivity index (χ4v) is 1.92. The molecule has 2 aromatic rings. The maximum atomic E-state index is 4.10. The minimum atomic E-state index is 0. The third kappa shape index (κ3) is 10.7. The number of benzene rings is 2. The van der Waals surface area contributed by atoms with Gasteiger partial charge < -0.3 is 5.48 Å². The van der Waals surface area contributed by atoms with Crippen LogP contribution in [0, 0.1) is 0 Å². The van der Waals surface area contributed by atoms with Gasteiger partial charge >= 0.3 is 0 Å². The van der Waals surface area contributed by atoms with Crippen LogP contribution in [0.25, 0.3) is 0 Å². The highest BCUT2D eigenvalue weighted by Crippen LogP contribution is 2.11. The first-order valence-electron chi connectivity index (χ1n) is 9.16. The maximum Gasteiger partial charge on any atom is 0.0874 e. The Balaban J connectivity index is 0.000000483. The Labute approximate surface area is 162 Å². The lowest BCUT2D eigenvalue weighted by molar-refractivity contribution is 0.301. The molecule has 0 aliphatic heterocycles. The van der Waals surface area contributed by atoms with Gasteiger partial charge in [0.15, 0.2) is 0 Å². The van der Waals surface area contributed by atoms with Crippen molar-refractivity contribution in [1.82, 2.24) is 10.0 Å². The van der Waals surface area contributed by atoms with Crippen LogP contribution in [-0.2, 0) is 0 Å². The number of hydrogen-bond donors (Lipinski definition) is 0. The van der Waals surface area contributed by atoms with E-state index in [1.54, 1.807) is 0 Å². The first kappa shape index (κ1) is 24.2. The molecular formula is C20H32N6O. The smallest absolute Gasteiger partial charge is 0.0874 e. The van der Waals surface area contributed by atoms with E-state index in [0.717, 1.165) is 37.6 Å². The molecule has 27 heavy (non-hydrogen) atoms. The van der Waals surface area contributed by atoms with Gasteiger partial charge in [0, 0.05) is 26.2 Å². The summed E-state index contributed by atoms with van der Waals surface area (Å²) in [5.74, 6) is 0. The van der Waals surface area contributed by atoms with Crippen molar-refractivity contribution >= 4 is 11.4 Å². The molecule has 2 N–H and O–H groups in total. The standard InChI is InChI=1S/2C10H15N3.H2O/c2*1-3-13(4-2)12-11-10-8-6-5-7-9-10;/h2*5-9H,3-4H2,1-2H3;1H2. The first-order valence-corrected chi connectivity index (χ1v) is 9.16. The Bertz CT molecular complexity index is 568. The van der Waals surface area contributed by atoms with Crippen LogP contribution in [0.15, 0.2) is 81.3 Å². The minimum Gasteiger partial charge on any atom is -0.412 e. The summed E-state index contributed by atoms with van der Waals surface area (Å²) >= 11 is 0. The fraction of sp³-hybridized carbons (Fsp3) is 0.400. The summed E-state index contributed by atoms with van der Waals surface area (Å²) in [6.45, 7) is 11.8. The van der Waals surface area contributed by atoms with Crippen molar-refractivity contribution in [2.75, 3.05) is 26.2 Å². The lowest BCUT2D eigenvalue weighted by Gasteiger charge is -2.10. The molecule has 0 atom stereocenters. The van der Waals surface area contributed by atoms with E-state index in [9.17, 15) is 0 Å². The fourth-order valence-electron chi connectivity index (χ4n) is 1.92. The molecule has 2 aromatic carbocycles. The van der Waals surface area contributed by atoms with Gasteiger partial charge in [-0.25, -0.2) is 0 Å². The molecule has 0 saturated heterocycles. The topological polar surface area (TPSA) is 87.4 Å². The molecule has 0 fully saturated rings. The van der Waals surface area contributed by atoms with Gasteiger partial charge in [0.25, 0.3) is 0 Å². The molecule has 7 heteroatoms. The second kappa shape index (κ2) is 15.5. The third-order valence-electron chi connectivity index (χ3n) is 3.55. The Morgan fingerprint density at radius 1 is 0.556 bits per heavy atom. The van der Waals surface area contributed by atoms with Crippen LogP contribution < -0.4 is 0 Å². The van der Waals surface area contributed by atoms with E-state index in [1.807, 2.05) is 70.7 Å². The van der Waals surface area contributed by atoms with Crippen molar-refractivity contribution < 1.29 is 5.48 Å². The lowest BCUT2D eigenvalue weighted by atomic mass is 10.3. The van der Waals surface area contributed by atoms with Crippen LogP contribution in [0.4, 0.5) is 11.4 Å². The maximum absolute atomic E-state index is 4.10. The molecule has 0 aliphatic rings. The third-order valence-corrected chi connectivity index (χ3v) is 3.55. The Morgan fingerprint density at radius 2 is 0.852 bits per heavy atom. The van der Waals surface area contributed by atoms with Gasteiger partial charge in [-0.05, 0) is 52.0 Å². The molecular weight excluding hydrogens is 340 g/mol. The van der Waals surface area contributed by atoms with E-state index in [0.29, 0.717) is 0 Å². The zero-order valence-electron chi connectivity index (χ0n) is 16.8. The molecule has 0 heterocycles. The van der Waals surface area contributed by atoms with Crippen LogP contribution >= 0.6 is 0 Å². The normalized spacial score (nSPS) is 10.2. The minimum absolute atomic E-state index is 0. The lowest BCUT2D eigenvalue weighted by Crippen LogP contribution is -2.14. The van der Waals surface area contributed by atoms with Crippen molar-refractivity contribution in [3.63, 3.8) is 0 Å². The molecule has 0 aromatic heterocycles. The largest absolute Gasteiger partial charge is 0.412 e. The molecule has 0 spiro atoms. The van der Waals surface area contributed by atoms with Crippen LogP contribution in [0.1, 0.15) is 27.7 Å². The Hall–Kier alpha value is -2.80. The quantitative estimate of drug-likeness (QED) is 0.469. The second-order valence-corrected chi connectivity index (χ2v) is 5.33. The van der Waals surface area contributed by atoms with E-state index >= 15 is 0 Å². The molecule has 2 rings (SSSR count). The first-order chi connectivity index (χ1) is 12.7. The Kier molecular flexibility index (Phi) is 13.9. The van der Waals surface area contributed by atoms with Gasteiger partial charge in [-0.15, -0.1) is 10.2 Å².